The summed E-state index contributed by atoms with van der Waals surface area (Å²) in [5, 5.41) is 10.0. The van der Waals surface area contributed by atoms with E-state index >= 15 is 0 Å². The van der Waals surface area contributed by atoms with E-state index in [1.807, 2.05) is 54.6 Å². The third-order valence-corrected chi connectivity index (χ3v) is 4.98. The maximum Gasteiger partial charge on any atom is 0.322 e. The zero-order valence-electron chi connectivity index (χ0n) is 16.6. The summed E-state index contributed by atoms with van der Waals surface area (Å²) in [5.41, 5.74) is 4.66. The van der Waals surface area contributed by atoms with Gasteiger partial charge in [-0.2, -0.15) is 5.26 Å². The molecule has 0 spiro atoms. The average Bonchev–Trinajstić information content (AvgIpc) is 3.11. The first-order valence-corrected chi connectivity index (χ1v) is 9.71. The van der Waals surface area contributed by atoms with E-state index in [-0.39, 0.29) is 13.2 Å². The third kappa shape index (κ3) is 4.07. The van der Waals surface area contributed by atoms with Gasteiger partial charge in [0.15, 0.2) is 5.92 Å². The van der Waals surface area contributed by atoms with Gasteiger partial charge in [-0.15, -0.1) is 0 Å². The molecule has 1 aliphatic carbocycles. The van der Waals surface area contributed by atoms with Crippen LogP contribution in [0.4, 0.5) is 0 Å². The van der Waals surface area contributed by atoms with Crippen LogP contribution in [0.15, 0.2) is 60.2 Å². The van der Waals surface area contributed by atoms with Crippen LogP contribution >= 0.6 is 0 Å². The van der Waals surface area contributed by atoms with Gasteiger partial charge in [-0.05, 0) is 48.1 Å². The summed E-state index contributed by atoms with van der Waals surface area (Å²) in [5.74, 6) is -3.75. The molecule has 0 aliphatic heterocycles. The highest BCUT2D eigenvalue weighted by Crippen LogP contribution is 2.42. The number of carbonyl (C=O) groups is 2. The summed E-state index contributed by atoms with van der Waals surface area (Å²) in [6, 6.07) is 19.8. The first-order valence-electron chi connectivity index (χ1n) is 9.71. The molecular formula is C24H23NO4. The maximum absolute atomic E-state index is 12.6. The van der Waals surface area contributed by atoms with Gasteiger partial charge in [0, 0.05) is 0 Å². The van der Waals surface area contributed by atoms with E-state index in [1.54, 1.807) is 13.8 Å². The SMILES string of the molecule is CCOC(=O)C(C(=O)OCC)C(C#N)C1=C(c2ccccc2)c2ccccc2C1. The highest BCUT2D eigenvalue weighted by atomic mass is 16.6. The summed E-state index contributed by atoms with van der Waals surface area (Å²) in [4.78, 5) is 25.3. The molecule has 2 aromatic rings. The summed E-state index contributed by atoms with van der Waals surface area (Å²) < 4.78 is 10.2. The zero-order chi connectivity index (χ0) is 20.8. The van der Waals surface area contributed by atoms with Crippen molar-refractivity contribution < 1.29 is 19.1 Å². The molecule has 0 aromatic heterocycles. The number of carbonyl (C=O) groups excluding carboxylic acids is 2. The molecule has 5 nitrogen and oxygen atoms in total. The van der Waals surface area contributed by atoms with E-state index in [0.717, 1.165) is 27.8 Å². The molecule has 5 heteroatoms. The first-order chi connectivity index (χ1) is 14.1. The lowest BCUT2D eigenvalue weighted by atomic mass is 9.82. The maximum atomic E-state index is 12.6. The molecule has 3 rings (SSSR count). The third-order valence-electron chi connectivity index (χ3n) is 4.98. The smallest absolute Gasteiger partial charge is 0.322 e. The minimum absolute atomic E-state index is 0.123. The molecule has 29 heavy (non-hydrogen) atoms. The largest absolute Gasteiger partial charge is 0.465 e. The van der Waals surface area contributed by atoms with Gasteiger partial charge in [-0.1, -0.05) is 54.6 Å². The van der Waals surface area contributed by atoms with Crippen molar-refractivity contribution in [2.75, 3.05) is 13.2 Å². The standard InChI is InChI=1S/C24H23NO4/c1-3-28-23(26)22(24(27)29-4-2)20(15-25)19-14-17-12-8-9-13-18(17)21(19)16-10-6-5-7-11-16/h5-13,20,22H,3-4,14H2,1-2H3. The number of hydrogen-bond donors (Lipinski definition) is 0. The van der Waals surface area contributed by atoms with Crippen LogP contribution in [0.2, 0.25) is 0 Å². The summed E-state index contributed by atoms with van der Waals surface area (Å²) in [6.07, 6.45) is 0.494. The molecule has 1 aliphatic rings. The van der Waals surface area contributed by atoms with E-state index in [9.17, 15) is 14.9 Å². The number of allylic oxidation sites excluding steroid dienone is 1. The average molecular weight is 389 g/mol. The molecule has 0 N–H and O–H groups in total. The normalized spacial score (nSPS) is 13.6. The summed E-state index contributed by atoms with van der Waals surface area (Å²) in [7, 11) is 0. The van der Waals surface area contributed by atoms with Gasteiger partial charge in [-0.25, -0.2) is 0 Å². The number of nitriles is 1. The molecule has 0 heterocycles. The van der Waals surface area contributed by atoms with Crippen LogP contribution in [0.25, 0.3) is 5.57 Å². The van der Waals surface area contributed by atoms with Crippen LogP contribution in [-0.2, 0) is 25.5 Å². The van der Waals surface area contributed by atoms with Gasteiger partial charge in [0.1, 0.15) is 0 Å². The Morgan fingerprint density at radius 1 is 0.966 bits per heavy atom. The fraction of sp³-hybridized carbons (Fsp3) is 0.292. The van der Waals surface area contributed by atoms with Crippen molar-refractivity contribution in [2.45, 2.75) is 20.3 Å². The zero-order valence-corrected chi connectivity index (χ0v) is 16.6. The second-order valence-electron chi connectivity index (χ2n) is 6.69. The van der Waals surface area contributed by atoms with Gasteiger partial charge >= 0.3 is 11.9 Å². The van der Waals surface area contributed by atoms with Gasteiger partial charge in [0.05, 0.1) is 25.2 Å². The molecule has 0 fully saturated rings. The van der Waals surface area contributed by atoms with E-state index in [4.69, 9.17) is 9.47 Å². The van der Waals surface area contributed by atoms with Crippen LogP contribution in [0, 0.1) is 23.2 Å². The number of benzene rings is 2. The first kappa shape index (κ1) is 20.3. The summed E-state index contributed by atoms with van der Waals surface area (Å²) in [6.45, 7) is 3.58. The fourth-order valence-corrected chi connectivity index (χ4v) is 3.78. The van der Waals surface area contributed by atoms with E-state index in [2.05, 4.69) is 6.07 Å². The predicted octanol–water partition coefficient (Wildman–Crippen LogP) is 3.93. The van der Waals surface area contributed by atoms with Crippen LogP contribution in [0.5, 0.6) is 0 Å². The van der Waals surface area contributed by atoms with Gasteiger partial charge in [0.25, 0.3) is 0 Å². The van der Waals surface area contributed by atoms with E-state index in [1.165, 1.54) is 0 Å². The highest BCUT2D eigenvalue weighted by molar-refractivity contribution is 5.97. The molecule has 0 amide bonds. The lowest BCUT2D eigenvalue weighted by Crippen LogP contribution is -2.35. The minimum Gasteiger partial charge on any atom is -0.465 e. The van der Waals surface area contributed by atoms with Crippen LogP contribution in [0.3, 0.4) is 0 Å². The molecule has 148 valence electrons. The quantitative estimate of drug-likeness (QED) is 0.530. The van der Waals surface area contributed by atoms with Crippen molar-refractivity contribution in [3.63, 3.8) is 0 Å². The Hall–Kier alpha value is -3.39. The van der Waals surface area contributed by atoms with Crippen molar-refractivity contribution in [2.24, 2.45) is 11.8 Å². The lowest BCUT2D eigenvalue weighted by molar-refractivity contribution is -0.162. The summed E-state index contributed by atoms with van der Waals surface area (Å²) >= 11 is 0. The van der Waals surface area contributed by atoms with Crippen molar-refractivity contribution in [1.29, 1.82) is 5.26 Å². The van der Waals surface area contributed by atoms with Gasteiger partial charge in [0.2, 0.25) is 0 Å². The van der Waals surface area contributed by atoms with Crippen molar-refractivity contribution >= 4 is 17.5 Å². The van der Waals surface area contributed by atoms with Gasteiger partial charge < -0.3 is 9.47 Å². The van der Waals surface area contributed by atoms with E-state index in [0.29, 0.717) is 6.42 Å². The molecule has 1 atom stereocenters. The van der Waals surface area contributed by atoms with Crippen LogP contribution < -0.4 is 0 Å². The molecule has 1 unspecified atom stereocenters. The predicted molar refractivity (Wildman–Crippen MR) is 108 cm³/mol. The minimum atomic E-state index is -1.32. The molecular weight excluding hydrogens is 366 g/mol. The fourth-order valence-electron chi connectivity index (χ4n) is 3.78. The lowest BCUT2D eigenvalue weighted by Gasteiger charge is -2.21. The molecule has 2 aromatic carbocycles. The Kier molecular flexibility index (Phi) is 6.46. The van der Waals surface area contributed by atoms with Crippen LogP contribution in [0.1, 0.15) is 30.5 Å². The van der Waals surface area contributed by atoms with Gasteiger partial charge in [-0.3, -0.25) is 9.59 Å². The Bertz CT molecular complexity index is 954. The molecule has 0 saturated heterocycles. The van der Waals surface area contributed by atoms with Crippen molar-refractivity contribution in [1.82, 2.24) is 0 Å². The number of hydrogen-bond acceptors (Lipinski definition) is 5. The Morgan fingerprint density at radius 2 is 1.55 bits per heavy atom. The molecule has 0 saturated carbocycles. The highest BCUT2D eigenvalue weighted by Gasteiger charge is 2.42. The number of ether oxygens (including phenoxy) is 2. The Morgan fingerprint density at radius 3 is 2.14 bits per heavy atom. The van der Waals surface area contributed by atoms with Crippen molar-refractivity contribution in [3.8, 4) is 6.07 Å². The van der Waals surface area contributed by atoms with E-state index < -0.39 is 23.8 Å². The number of rotatable bonds is 7. The number of nitrogens with zero attached hydrogens (tertiary/aromatic N) is 1. The second-order valence-corrected chi connectivity index (χ2v) is 6.69. The molecule has 0 bridgehead atoms. The Balaban J connectivity index is 2.15. The van der Waals surface area contributed by atoms with Crippen LogP contribution in [-0.4, -0.2) is 25.2 Å². The topological polar surface area (TPSA) is 76.4 Å². The second kappa shape index (κ2) is 9.20. The Labute approximate surface area is 170 Å². The number of esters is 2. The number of fused-ring (bicyclic) bond motifs is 1. The molecule has 0 radical (unpaired) electrons. The monoisotopic (exact) mass is 389 g/mol. The van der Waals surface area contributed by atoms with Crippen molar-refractivity contribution in [3.05, 3.63) is 76.9 Å².